The van der Waals surface area contributed by atoms with Crippen molar-refractivity contribution >= 4 is 21.6 Å². The number of halogens is 1. The number of hydrogen-bond donors (Lipinski definition) is 0. The quantitative estimate of drug-likeness (QED) is 0.478. The Morgan fingerprint density at radius 3 is 2.52 bits per heavy atom. The third-order valence-corrected chi connectivity index (χ3v) is 3.69. The van der Waals surface area contributed by atoms with E-state index in [4.69, 9.17) is 0 Å². The summed E-state index contributed by atoms with van der Waals surface area (Å²) in [7, 11) is 0. The van der Waals surface area contributed by atoms with Crippen molar-refractivity contribution < 1.29 is 4.92 Å². The van der Waals surface area contributed by atoms with Gasteiger partial charge in [0, 0.05) is 11.6 Å². The molecule has 112 valence electrons. The zero-order valence-corrected chi connectivity index (χ0v) is 14.0. The van der Waals surface area contributed by atoms with Crippen molar-refractivity contribution in [3.8, 4) is 11.4 Å². The van der Waals surface area contributed by atoms with Gasteiger partial charge in [-0.2, -0.15) is 0 Å². The number of alkyl halides is 1. The molecule has 0 amide bonds. The number of rotatable bonds is 3. The molecular formula is C14H17BrN4O2. The molecule has 0 aliphatic rings. The Kier molecular flexibility index (Phi) is 4.13. The monoisotopic (exact) mass is 352 g/mol. The zero-order chi connectivity index (χ0) is 15.8. The molecule has 0 aliphatic heterocycles. The molecule has 6 nitrogen and oxygen atoms in total. The Hall–Kier alpha value is -1.76. The molecule has 21 heavy (non-hydrogen) atoms. The molecule has 0 bridgehead atoms. The van der Waals surface area contributed by atoms with E-state index in [1.165, 1.54) is 6.07 Å². The molecule has 0 atom stereocenters. The minimum absolute atomic E-state index is 0.0500. The lowest BCUT2D eigenvalue weighted by Crippen LogP contribution is -2.25. The maximum absolute atomic E-state index is 11.3. The van der Waals surface area contributed by atoms with Crippen LogP contribution in [0.4, 0.5) is 5.69 Å². The number of aromatic nitrogens is 3. The molecule has 0 N–H and O–H groups in total. The summed E-state index contributed by atoms with van der Waals surface area (Å²) in [6.07, 6.45) is 0. The molecule has 2 aromatic rings. The fourth-order valence-electron chi connectivity index (χ4n) is 2.37. The fourth-order valence-corrected chi connectivity index (χ4v) is 2.73. The van der Waals surface area contributed by atoms with Crippen LogP contribution in [-0.2, 0) is 10.9 Å². The Labute approximate surface area is 131 Å². The van der Waals surface area contributed by atoms with E-state index in [9.17, 15) is 10.1 Å². The van der Waals surface area contributed by atoms with Crippen LogP contribution in [0.1, 0.15) is 32.2 Å². The average molecular weight is 353 g/mol. The second-order valence-corrected chi connectivity index (χ2v) is 6.37. The van der Waals surface area contributed by atoms with E-state index in [0.717, 1.165) is 11.4 Å². The van der Waals surface area contributed by atoms with Gasteiger partial charge in [0.15, 0.2) is 5.82 Å². The summed E-state index contributed by atoms with van der Waals surface area (Å²) in [5.74, 6) is 1.27. The van der Waals surface area contributed by atoms with Crippen molar-refractivity contribution in [3.05, 3.63) is 39.7 Å². The van der Waals surface area contributed by atoms with E-state index in [2.05, 4.69) is 26.1 Å². The van der Waals surface area contributed by atoms with E-state index in [0.29, 0.717) is 16.7 Å². The first-order valence-electron chi connectivity index (χ1n) is 6.52. The second-order valence-electron chi connectivity index (χ2n) is 5.81. The van der Waals surface area contributed by atoms with Crippen molar-refractivity contribution in [2.24, 2.45) is 0 Å². The smallest absolute Gasteiger partial charge is 0.280 e. The predicted molar refractivity (Wildman–Crippen MR) is 84.5 cm³/mol. The van der Waals surface area contributed by atoms with Gasteiger partial charge >= 0.3 is 0 Å². The largest absolute Gasteiger partial charge is 0.305 e. The molecule has 7 heteroatoms. The van der Waals surface area contributed by atoms with Crippen LogP contribution in [0.25, 0.3) is 11.4 Å². The summed E-state index contributed by atoms with van der Waals surface area (Å²) in [5, 5.41) is 20.2. The molecule has 0 fully saturated rings. The lowest BCUT2D eigenvalue weighted by Gasteiger charge is -2.25. The summed E-state index contributed by atoms with van der Waals surface area (Å²) in [4.78, 5) is 10.9. The van der Waals surface area contributed by atoms with Gasteiger partial charge in [0.1, 0.15) is 5.82 Å². The molecule has 1 aromatic carbocycles. The van der Waals surface area contributed by atoms with Gasteiger partial charge in [-0.25, -0.2) is 0 Å². The van der Waals surface area contributed by atoms with Gasteiger partial charge in [-0.3, -0.25) is 10.1 Å². The normalized spacial score (nSPS) is 11.7. The molecule has 0 radical (unpaired) electrons. The van der Waals surface area contributed by atoms with Crippen LogP contribution in [-0.4, -0.2) is 19.7 Å². The minimum atomic E-state index is -0.377. The molecule has 1 aromatic heterocycles. The van der Waals surface area contributed by atoms with Crippen molar-refractivity contribution in [2.75, 3.05) is 0 Å². The van der Waals surface area contributed by atoms with Crippen LogP contribution in [0.15, 0.2) is 18.2 Å². The van der Waals surface area contributed by atoms with E-state index in [-0.39, 0.29) is 16.1 Å². The van der Waals surface area contributed by atoms with Gasteiger partial charge in [0.25, 0.3) is 5.69 Å². The number of hydrogen-bond acceptors (Lipinski definition) is 4. The topological polar surface area (TPSA) is 73.8 Å². The lowest BCUT2D eigenvalue weighted by atomic mass is 10.0. The van der Waals surface area contributed by atoms with Gasteiger partial charge in [0.05, 0.1) is 15.8 Å². The Morgan fingerprint density at radius 2 is 2.00 bits per heavy atom. The molecule has 0 spiro atoms. The SMILES string of the molecule is Cc1cccc([N+](=O)[O-])c1-c1nnc(CBr)n1C(C)(C)C. The maximum Gasteiger partial charge on any atom is 0.280 e. The number of aryl methyl sites for hydroxylation is 1. The molecule has 0 aliphatic carbocycles. The Balaban J connectivity index is 2.80. The van der Waals surface area contributed by atoms with Gasteiger partial charge < -0.3 is 4.57 Å². The molecule has 0 saturated heterocycles. The molecule has 1 heterocycles. The lowest BCUT2D eigenvalue weighted by molar-refractivity contribution is -0.384. The van der Waals surface area contributed by atoms with Gasteiger partial charge in [-0.15, -0.1) is 10.2 Å². The highest BCUT2D eigenvalue weighted by molar-refractivity contribution is 9.08. The van der Waals surface area contributed by atoms with E-state index in [1.807, 2.05) is 38.3 Å². The number of nitro groups is 1. The van der Waals surface area contributed by atoms with Crippen molar-refractivity contribution in [1.82, 2.24) is 14.8 Å². The van der Waals surface area contributed by atoms with Crippen LogP contribution in [0.3, 0.4) is 0 Å². The zero-order valence-electron chi connectivity index (χ0n) is 12.4. The van der Waals surface area contributed by atoms with Gasteiger partial charge in [-0.05, 0) is 33.3 Å². The highest BCUT2D eigenvalue weighted by Crippen LogP contribution is 2.35. The van der Waals surface area contributed by atoms with Crippen LogP contribution in [0.5, 0.6) is 0 Å². The second kappa shape index (κ2) is 5.55. The molecule has 2 rings (SSSR count). The summed E-state index contributed by atoms with van der Waals surface area (Å²) in [5.41, 5.74) is 1.10. The first-order chi connectivity index (χ1) is 9.77. The van der Waals surface area contributed by atoms with E-state index < -0.39 is 0 Å². The predicted octanol–water partition coefficient (Wildman–Crippen LogP) is 3.81. The van der Waals surface area contributed by atoms with Crippen molar-refractivity contribution in [1.29, 1.82) is 0 Å². The Bertz CT molecular complexity index is 689. The van der Waals surface area contributed by atoms with Crippen LogP contribution in [0.2, 0.25) is 0 Å². The van der Waals surface area contributed by atoms with Crippen molar-refractivity contribution in [3.63, 3.8) is 0 Å². The van der Waals surface area contributed by atoms with Crippen molar-refractivity contribution in [2.45, 2.75) is 38.6 Å². The summed E-state index contributed by atoms with van der Waals surface area (Å²) in [6.45, 7) is 7.92. The maximum atomic E-state index is 11.3. The summed E-state index contributed by atoms with van der Waals surface area (Å²) in [6, 6.07) is 5.02. The molecule has 0 unspecified atom stereocenters. The minimum Gasteiger partial charge on any atom is -0.305 e. The third-order valence-electron chi connectivity index (χ3n) is 3.19. The standard InChI is InChI=1S/C14H17BrN4O2/c1-9-6-5-7-10(19(20)21)12(9)13-17-16-11(8-15)18(13)14(2,3)4/h5-7H,8H2,1-4H3. The number of nitrogens with zero attached hydrogens (tertiary/aromatic N) is 4. The van der Waals surface area contributed by atoms with Crippen LogP contribution in [0, 0.1) is 17.0 Å². The highest BCUT2D eigenvalue weighted by Gasteiger charge is 2.28. The van der Waals surface area contributed by atoms with E-state index in [1.54, 1.807) is 6.07 Å². The average Bonchev–Trinajstić information content (AvgIpc) is 2.81. The third kappa shape index (κ3) is 2.83. The molecule has 0 saturated carbocycles. The number of benzene rings is 1. The van der Waals surface area contributed by atoms with Crippen LogP contribution < -0.4 is 0 Å². The van der Waals surface area contributed by atoms with Gasteiger partial charge in [0.2, 0.25) is 0 Å². The van der Waals surface area contributed by atoms with Crippen LogP contribution >= 0.6 is 15.9 Å². The fraction of sp³-hybridized carbons (Fsp3) is 0.429. The summed E-state index contributed by atoms with van der Waals surface area (Å²) >= 11 is 3.40. The Morgan fingerprint density at radius 1 is 1.33 bits per heavy atom. The molecular weight excluding hydrogens is 336 g/mol. The van der Waals surface area contributed by atoms with E-state index >= 15 is 0 Å². The summed E-state index contributed by atoms with van der Waals surface area (Å²) < 4.78 is 1.94. The number of nitro benzene ring substituents is 1. The first-order valence-corrected chi connectivity index (χ1v) is 7.64. The highest BCUT2D eigenvalue weighted by atomic mass is 79.9. The van der Waals surface area contributed by atoms with Gasteiger partial charge in [-0.1, -0.05) is 28.1 Å². The first kappa shape index (κ1) is 15.6.